The number of nitrogens with zero attached hydrogens (tertiary/aromatic N) is 1. The summed E-state index contributed by atoms with van der Waals surface area (Å²) in [5, 5.41) is 3.00. The van der Waals surface area contributed by atoms with Crippen LogP contribution in [0.5, 0.6) is 5.75 Å². The summed E-state index contributed by atoms with van der Waals surface area (Å²) < 4.78 is 5.13. The Balaban J connectivity index is 1.41. The molecule has 0 atom stereocenters. The second-order valence-electron chi connectivity index (χ2n) is 6.49. The molecule has 0 unspecified atom stereocenters. The van der Waals surface area contributed by atoms with E-state index in [1.54, 1.807) is 7.11 Å². The Hall–Kier alpha value is -2.49. The summed E-state index contributed by atoms with van der Waals surface area (Å²) in [6.45, 7) is 3.00. The monoisotopic (exact) mass is 338 g/mol. The lowest BCUT2D eigenvalue weighted by atomic mass is 10.1. The van der Waals surface area contributed by atoms with Crippen molar-refractivity contribution in [3.8, 4) is 5.75 Å². The van der Waals surface area contributed by atoms with Gasteiger partial charge in [-0.2, -0.15) is 0 Å². The summed E-state index contributed by atoms with van der Waals surface area (Å²) in [5.74, 6) is 0.861. The predicted molar refractivity (Wildman–Crippen MR) is 101 cm³/mol. The number of amides is 1. The molecule has 0 radical (unpaired) electrons. The van der Waals surface area contributed by atoms with E-state index in [1.165, 1.54) is 37.2 Å². The highest BCUT2D eigenvalue weighted by molar-refractivity contribution is 5.78. The van der Waals surface area contributed by atoms with E-state index in [-0.39, 0.29) is 5.91 Å². The Labute approximate surface area is 149 Å². The fourth-order valence-electron chi connectivity index (χ4n) is 3.19. The van der Waals surface area contributed by atoms with Gasteiger partial charge in [0.15, 0.2) is 0 Å². The third-order valence-corrected chi connectivity index (χ3v) is 4.67. The van der Waals surface area contributed by atoms with Crippen molar-refractivity contribution in [3.63, 3.8) is 0 Å². The number of nitrogens with one attached hydrogen (secondary N) is 1. The van der Waals surface area contributed by atoms with E-state index in [1.807, 2.05) is 24.3 Å². The van der Waals surface area contributed by atoms with Crippen molar-refractivity contribution in [1.82, 2.24) is 5.32 Å². The van der Waals surface area contributed by atoms with Crippen molar-refractivity contribution < 1.29 is 9.53 Å². The lowest BCUT2D eigenvalue weighted by molar-refractivity contribution is -0.120. The van der Waals surface area contributed by atoms with Crippen molar-refractivity contribution in [2.24, 2.45) is 0 Å². The summed E-state index contributed by atoms with van der Waals surface area (Å²) in [4.78, 5) is 14.5. The molecule has 0 spiro atoms. The average molecular weight is 338 g/mol. The molecule has 1 aliphatic rings. The Kier molecular flexibility index (Phi) is 5.94. The van der Waals surface area contributed by atoms with Crippen LogP contribution >= 0.6 is 0 Å². The first-order valence-electron chi connectivity index (χ1n) is 8.98. The molecule has 1 fully saturated rings. The van der Waals surface area contributed by atoms with Crippen LogP contribution in [0.3, 0.4) is 0 Å². The summed E-state index contributed by atoms with van der Waals surface area (Å²) >= 11 is 0. The van der Waals surface area contributed by atoms with Gasteiger partial charge in [-0.25, -0.2) is 0 Å². The minimum absolute atomic E-state index is 0.0545. The third-order valence-electron chi connectivity index (χ3n) is 4.67. The van der Waals surface area contributed by atoms with Crippen molar-refractivity contribution in [1.29, 1.82) is 0 Å². The highest BCUT2D eigenvalue weighted by Gasteiger charge is 2.11. The molecule has 3 rings (SSSR count). The van der Waals surface area contributed by atoms with Crippen LogP contribution in [0.25, 0.3) is 0 Å². The minimum atomic E-state index is 0.0545. The minimum Gasteiger partial charge on any atom is -0.497 e. The Morgan fingerprint density at radius 3 is 2.28 bits per heavy atom. The van der Waals surface area contributed by atoms with E-state index in [9.17, 15) is 4.79 Å². The van der Waals surface area contributed by atoms with Gasteiger partial charge in [-0.05, 0) is 54.7 Å². The molecule has 0 saturated carbocycles. The van der Waals surface area contributed by atoms with Gasteiger partial charge in [0, 0.05) is 25.3 Å². The number of carbonyl (C=O) groups is 1. The van der Waals surface area contributed by atoms with Gasteiger partial charge in [-0.3, -0.25) is 4.79 Å². The number of anilines is 1. The SMILES string of the molecule is COc1ccc(CC(=O)NCCc2ccc(N3CCCC3)cc2)cc1. The lowest BCUT2D eigenvalue weighted by Crippen LogP contribution is -2.27. The summed E-state index contributed by atoms with van der Waals surface area (Å²) in [6, 6.07) is 16.3. The van der Waals surface area contributed by atoms with Crippen molar-refractivity contribution in [3.05, 3.63) is 59.7 Å². The maximum absolute atomic E-state index is 12.0. The molecule has 1 aliphatic heterocycles. The molecule has 0 bridgehead atoms. The summed E-state index contributed by atoms with van der Waals surface area (Å²) in [6.07, 6.45) is 3.84. The fraction of sp³-hybridized carbons (Fsp3) is 0.381. The van der Waals surface area contributed by atoms with Crippen LogP contribution in [-0.2, 0) is 17.6 Å². The molecule has 1 amide bonds. The van der Waals surface area contributed by atoms with Crippen LogP contribution in [0.2, 0.25) is 0 Å². The molecule has 1 heterocycles. The molecular formula is C21H26N2O2. The van der Waals surface area contributed by atoms with E-state index in [0.29, 0.717) is 13.0 Å². The first-order valence-corrected chi connectivity index (χ1v) is 8.98. The molecule has 4 nitrogen and oxygen atoms in total. The highest BCUT2D eigenvalue weighted by Crippen LogP contribution is 2.20. The Bertz CT molecular complexity index is 674. The molecule has 2 aromatic rings. The molecule has 4 heteroatoms. The van der Waals surface area contributed by atoms with Gasteiger partial charge >= 0.3 is 0 Å². The van der Waals surface area contributed by atoms with Crippen LogP contribution in [0, 0.1) is 0 Å². The van der Waals surface area contributed by atoms with Gasteiger partial charge in [0.25, 0.3) is 0 Å². The second kappa shape index (κ2) is 8.56. The standard InChI is InChI=1S/C21H26N2O2/c1-25-20-10-6-18(7-11-20)16-21(24)22-13-12-17-4-8-19(9-5-17)23-14-2-3-15-23/h4-11H,2-3,12-16H2,1H3,(H,22,24). The molecule has 132 valence electrons. The van der Waals surface area contributed by atoms with E-state index < -0.39 is 0 Å². The zero-order chi connectivity index (χ0) is 17.5. The highest BCUT2D eigenvalue weighted by atomic mass is 16.5. The Morgan fingerprint density at radius 1 is 1.00 bits per heavy atom. The van der Waals surface area contributed by atoms with Crippen LogP contribution < -0.4 is 15.0 Å². The van der Waals surface area contributed by atoms with Gasteiger partial charge in [-0.15, -0.1) is 0 Å². The zero-order valence-corrected chi connectivity index (χ0v) is 14.8. The number of hydrogen-bond acceptors (Lipinski definition) is 3. The normalized spacial score (nSPS) is 13.7. The van der Waals surface area contributed by atoms with Crippen molar-refractivity contribution in [2.45, 2.75) is 25.7 Å². The average Bonchev–Trinajstić information content (AvgIpc) is 3.18. The predicted octanol–water partition coefficient (Wildman–Crippen LogP) is 3.20. The van der Waals surface area contributed by atoms with E-state index in [4.69, 9.17) is 4.74 Å². The largest absolute Gasteiger partial charge is 0.497 e. The van der Waals surface area contributed by atoms with Crippen LogP contribution in [-0.4, -0.2) is 32.7 Å². The van der Waals surface area contributed by atoms with Crippen LogP contribution in [0.15, 0.2) is 48.5 Å². The molecule has 0 aliphatic carbocycles. The van der Waals surface area contributed by atoms with E-state index in [0.717, 1.165) is 17.7 Å². The Morgan fingerprint density at radius 2 is 1.64 bits per heavy atom. The number of ether oxygens (including phenoxy) is 1. The topological polar surface area (TPSA) is 41.6 Å². The van der Waals surface area contributed by atoms with Crippen LogP contribution in [0.4, 0.5) is 5.69 Å². The second-order valence-corrected chi connectivity index (χ2v) is 6.49. The molecular weight excluding hydrogens is 312 g/mol. The fourth-order valence-corrected chi connectivity index (χ4v) is 3.19. The summed E-state index contributed by atoms with van der Waals surface area (Å²) in [5.41, 5.74) is 3.56. The smallest absolute Gasteiger partial charge is 0.224 e. The number of benzene rings is 2. The van der Waals surface area contributed by atoms with Gasteiger partial charge in [0.05, 0.1) is 13.5 Å². The van der Waals surface area contributed by atoms with E-state index in [2.05, 4.69) is 34.5 Å². The van der Waals surface area contributed by atoms with Gasteiger partial charge in [0.2, 0.25) is 5.91 Å². The number of methoxy groups -OCH3 is 1. The van der Waals surface area contributed by atoms with Gasteiger partial charge in [0.1, 0.15) is 5.75 Å². The molecule has 0 aromatic heterocycles. The first-order chi connectivity index (χ1) is 12.2. The lowest BCUT2D eigenvalue weighted by Gasteiger charge is -2.17. The van der Waals surface area contributed by atoms with Gasteiger partial charge in [-0.1, -0.05) is 24.3 Å². The maximum atomic E-state index is 12.0. The van der Waals surface area contributed by atoms with Gasteiger partial charge < -0.3 is 15.0 Å². The van der Waals surface area contributed by atoms with Crippen molar-refractivity contribution >= 4 is 11.6 Å². The number of hydrogen-bond donors (Lipinski definition) is 1. The summed E-state index contributed by atoms with van der Waals surface area (Å²) in [7, 11) is 1.64. The molecule has 25 heavy (non-hydrogen) atoms. The zero-order valence-electron chi connectivity index (χ0n) is 14.8. The van der Waals surface area contributed by atoms with E-state index >= 15 is 0 Å². The maximum Gasteiger partial charge on any atom is 0.224 e. The number of rotatable bonds is 7. The molecule has 2 aromatic carbocycles. The quantitative estimate of drug-likeness (QED) is 0.843. The van der Waals surface area contributed by atoms with Crippen LogP contribution in [0.1, 0.15) is 24.0 Å². The number of carbonyl (C=O) groups excluding carboxylic acids is 1. The first kappa shape index (κ1) is 17.3. The third kappa shape index (κ3) is 4.99. The van der Waals surface area contributed by atoms with Crippen molar-refractivity contribution in [2.75, 3.05) is 31.6 Å². The molecule has 1 N–H and O–H groups in total. The molecule has 1 saturated heterocycles.